The van der Waals surface area contributed by atoms with Gasteiger partial charge in [-0.2, -0.15) is 0 Å². The van der Waals surface area contributed by atoms with Crippen molar-refractivity contribution in [3.05, 3.63) is 88.0 Å². The molecule has 4 aromatic rings. The molecule has 2 aromatic heterocycles. The van der Waals surface area contributed by atoms with Crippen LogP contribution in [0, 0.1) is 11.8 Å². The molecule has 0 bridgehead atoms. The topological polar surface area (TPSA) is 77.2 Å². The molecule has 0 saturated heterocycles. The largest absolute Gasteiger partial charge is 0.462 e. The van der Waals surface area contributed by atoms with Crippen LogP contribution in [0.25, 0.3) is 16.4 Å². The molecule has 0 aliphatic heterocycles. The normalized spacial score (nSPS) is 11.0. The molecule has 29 heavy (non-hydrogen) atoms. The Morgan fingerprint density at radius 3 is 2.45 bits per heavy atom. The first kappa shape index (κ1) is 18.6. The number of ketones is 1. The third-order valence-electron chi connectivity index (χ3n) is 4.94. The number of rotatable bonds is 5. The highest BCUT2D eigenvalue weighted by molar-refractivity contribution is 6.14. The lowest BCUT2D eigenvalue weighted by molar-refractivity contribution is 0.0529. The van der Waals surface area contributed by atoms with Crippen molar-refractivity contribution in [2.45, 2.75) is 13.8 Å². The summed E-state index contributed by atoms with van der Waals surface area (Å²) in [6.45, 7) is 3.91. The molecular weight excluding hydrogens is 368 g/mol. The third-order valence-corrected chi connectivity index (χ3v) is 4.94. The van der Waals surface area contributed by atoms with E-state index in [1.54, 1.807) is 29.5 Å². The number of hydrogen-bond donors (Lipinski definition) is 0. The number of benzene rings is 2. The van der Waals surface area contributed by atoms with E-state index >= 15 is 0 Å². The summed E-state index contributed by atoms with van der Waals surface area (Å²) >= 11 is 0. The predicted octanol–water partition coefficient (Wildman–Crippen LogP) is 5.21. The summed E-state index contributed by atoms with van der Waals surface area (Å²) < 4.78 is 6.95. The standard InChI is InChI=1S/C23H18N2O4/c1-3-29-23(27)17-13-21(22(26)16-9-4-6-10-18(16)24-28)25-19-11-7-5-8-15(19)14(2)12-20(17)25/h4-13H,3H2,1-2H3. The summed E-state index contributed by atoms with van der Waals surface area (Å²) in [4.78, 5) is 37.2. The minimum atomic E-state index is -0.500. The number of fused-ring (bicyclic) bond motifs is 3. The molecule has 0 unspecified atom stereocenters. The fourth-order valence-corrected chi connectivity index (χ4v) is 3.63. The number of carbonyl (C=O) groups is 2. The van der Waals surface area contributed by atoms with Crippen LogP contribution in [0.1, 0.15) is 38.9 Å². The van der Waals surface area contributed by atoms with Gasteiger partial charge in [-0.15, -0.1) is 4.91 Å². The Labute approximate surface area is 166 Å². The van der Waals surface area contributed by atoms with Gasteiger partial charge in [0.25, 0.3) is 0 Å². The van der Waals surface area contributed by atoms with Crippen LogP contribution in [0.15, 0.2) is 65.8 Å². The highest BCUT2D eigenvalue weighted by Gasteiger charge is 2.24. The van der Waals surface area contributed by atoms with E-state index in [-0.39, 0.29) is 29.3 Å². The summed E-state index contributed by atoms with van der Waals surface area (Å²) in [5.74, 6) is -0.889. The van der Waals surface area contributed by atoms with Crippen LogP contribution >= 0.6 is 0 Å². The SMILES string of the molecule is CCOC(=O)c1cc(C(=O)c2ccccc2N=O)n2c1cc(C)c1ccccc12. The minimum Gasteiger partial charge on any atom is -0.462 e. The molecule has 0 amide bonds. The number of nitrogens with zero attached hydrogens (tertiary/aromatic N) is 2. The van der Waals surface area contributed by atoms with Gasteiger partial charge in [-0.25, -0.2) is 4.79 Å². The van der Waals surface area contributed by atoms with Crippen LogP contribution in [0.4, 0.5) is 5.69 Å². The second-order valence-corrected chi connectivity index (χ2v) is 6.67. The lowest BCUT2D eigenvalue weighted by Gasteiger charge is -2.10. The molecule has 0 N–H and O–H groups in total. The number of ether oxygens (including phenoxy) is 1. The van der Waals surface area contributed by atoms with E-state index in [4.69, 9.17) is 4.74 Å². The zero-order valence-corrected chi connectivity index (χ0v) is 16.0. The van der Waals surface area contributed by atoms with E-state index in [1.807, 2.05) is 37.3 Å². The Morgan fingerprint density at radius 1 is 0.966 bits per heavy atom. The number of nitroso groups, excluding NO2 is 1. The summed E-state index contributed by atoms with van der Waals surface area (Å²) in [6.07, 6.45) is 0. The highest BCUT2D eigenvalue weighted by Crippen LogP contribution is 2.30. The van der Waals surface area contributed by atoms with Crippen LogP contribution in [-0.4, -0.2) is 22.8 Å². The zero-order chi connectivity index (χ0) is 20.5. The molecule has 0 spiro atoms. The van der Waals surface area contributed by atoms with Crippen molar-refractivity contribution in [1.82, 2.24) is 4.40 Å². The van der Waals surface area contributed by atoms with Crippen LogP contribution in [0.2, 0.25) is 0 Å². The number of para-hydroxylation sites is 1. The Bertz CT molecular complexity index is 1290. The van der Waals surface area contributed by atoms with Gasteiger partial charge in [-0.3, -0.25) is 4.79 Å². The van der Waals surface area contributed by atoms with Gasteiger partial charge in [-0.05, 0) is 54.9 Å². The molecule has 2 aromatic carbocycles. The monoisotopic (exact) mass is 386 g/mol. The molecule has 0 fully saturated rings. The summed E-state index contributed by atoms with van der Waals surface area (Å²) in [5, 5.41) is 3.93. The lowest BCUT2D eigenvalue weighted by atomic mass is 10.1. The second kappa shape index (κ2) is 7.31. The minimum absolute atomic E-state index is 0.0570. The molecular formula is C23H18N2O4. The number of carbonyl (C=O) groups excluding carboxylic acids is 2. The van der Waals surface area contributed by atoms with Gasteiger partial charge in [0, 0.05) is 5.39 Å². The number of esters is 1. The first-order valence-electron chi connectivity index (χ1n) is 9.24. The number of aryl methyl sites for hydroxylation is 1. The third kappa shape index (κ3) is 2.99. The molecule has 0 aliphatic carbocycles. The van der Waals surface area contributed by atoms with Gasteiger partial charge >= 0.3 is 5.97 Å². The Kier molecular flexibility index (Phi) is 4.68. The van der Waals surface area contributed by atoms with E-state index in [0.717, 1.165) is 16.5 Å². The maximum Gasteiger partial charge on any atom is 0.340 e. The predicted molar refractivity (Wildman–Crippen MR) is 111 cm³/mol. The number of hydrogen-bond acceptors (Lipinski definition) is 5. The van der Waals surface area contributed by atoms with Crippen molar-refractivity contribution < 1.29 is 14.3 Å². The van der Waals surface area contributed by atoms with E-state index in [9.17, 15) is 14.5 Å². The van der Waals surface area contributed by atoms with E-state index in [1.165, 1.54) is 12.1 Å². The fraction of sp³-hybridized carbons (Fsp3) is 0.130. The van der Waals surface area contributed by atoms with E-state index in [0.29, 0.717) is 11.1 Å². The smallest absolute Gasteiger partial charge is 0.340 e. The molecule has 6 heteroatoms. The van der Waals surface area contributed by atoms with Gasteiger partial charge in [0.05, 0.1) is 34.5 Å². The van der Waals surface area contributed by atoms with Crippen molar-refractivity contribution in [1.29, 1.82) is 0 Å². The number of pyridine rings is 1. The van der Waals surface area contributed by atoms with Crippen molar-refractivity contribution in [3.63, 3.8) is 0 Å². The van der Waals surface area contributed by atoms with Gasteiger partial charge in [-0.1, -0.05) is 30.3 Å². The van der Waals surface area contributed by atoms with E-state index < -0.39 is 5.97 Å². The molecule has 0 saturated carbocycles. The maximum atomic E-state index is 13.4. The summed E-state index contributed by atoms with van der Waals surface area (Å²) in [5.41, 5.74) is 3.17. The number of aromatic nitrogens is 1. The zero-order valence-electron chi connectivity index (χ0n) is 16.0. The Hall–Kier alpha value is -3.80. The summed E-state index contributed by atoms with van der Waals surface area (Å²) in [6, 6.07) is 17.4. The van der Waals surface area contributed by atoms with Gasteiger partial charge in [0.15, 0.2) is 0 Å². The highest BCUT2D eigenvalue weighted by atomic mass is 16.5. The molecule has 0 radical (unpaired) electrons. The Morgan fingerprint density at radius 2 is 1.69 bits per heavy atom. The molecule has 144 valence electrons. The van der Waals surface area contributed by atoms with Crippen LogP contribution in [0.5, 0.6) is 0 Å². The van der Waals surface area contributed by atoms with Crippen LogP contribution in [-0.2, 0) is 4.74 Å². The Balaban J connectivity index is 2.08. The molecule has 4 rings (SSSR count). The van der Waals surface area contributed by atoms with Crippen molar-refractivity contribution in [2.75, 3.05) is 6.61 Å². The van der Waals surface area contributed by atoms with Crippen LogP contribution in [0.3, 0.4) is 0 Å². The van der Waals surface area contributed by atoms with Gasteiger partial charge in [0.2, 0.25) is 5.78 Å². The average molecular weight is 386 g/mol. The quantitative estimate of drug-likeness (QED) is 0.268. The molecule has 2 heterocycles. The van der Waals surface area contributed by atoms with Crippen LogP contribution < -0.4 is 0 Å². The van der Waals surface area contributed by atoms with Gasteiger partial charge in [0.1, 0.15) is 5.69 Å². The lowest BCUT2D eigenvalue weighted by Crippen LogP contribution is -2.06. The first-order chi connectivity index (χ1) is 14.1. The molecule has 0 atom stereocenters. The maximum absolute atomic E-state index is 13.4. The average Bonchev–Trinajstić information content (AvgIpc) is 3.13. The van der Waals surface area contributed by atoms with E-state index in [2.05, 4.69) is 5.18 Å². The molecule has 0 aliphatic rings. The second-order valence-electron chi connectivity index (χ2n) is 6.67. The van der Waals surface area contributed by atoms with Crippen molar-refractivity contribution in [3.8, 4) is 0 Å². The first-order valence-corrected chi connectivity index (χ1v) is 9.24. The van der Waals surface area contributed by atoms with Gasteiger partial charge < -0.3 is 9.14 Å². The van der Waals surface area contributed by atoms with Crippen molar-refractivity contribution >= 4 is 33.9 Å². The van der Waals surface area contributed by atoms with Crippen molar-refractivity contribution in [2.24, 2.45) is 5.18 Å². The molecule has 6 nitrogen and oxygen atoms in total. The fourth-order valence-electron chi connectivity index (χ4n) is 3.63. The summed E-state index contributed by atoms with van der Waals surface area (Å²) in [7, 11) is 0.